The highest BCUT2D eigenvalue weighted by Gasteiger charge is 2.62. The first kappa shape index (κ1) is 13.8. The lowest BCUT2D eigenvalue weighted by atomic mass is 9.87. The first-order valence-electron chi connectivity index (χ1n) is 8.12. The number of hydrogen-bond donors (Lipinski definition) is 0. The molecule has 1 aromatic carbocycles. The quantitative estimate of drug-likeness (QED) is 0.843. The maximum Gasteiger partial charge on any atom is 0.317 e. The second kappa shape index (κ2) is 4.58. The number of anilines is 1. The molecule has 1 aromatic heterocycles. The predicted molar refractivity (Wildman–Crippen MR) is 86.1 cm³/mol. The Hall–Kier alpha value is -1.84. The second-order valence-electron chi connectivity index (χ2n) is 7.56. The lowest BCUT2D eigenvalue weighted by Gasteiger charge is -2.26. The molecule has 22 heavy (non-hydrogen) atoms. The van der Waals surface area contributed by atoms with Gasteiger partial charge in [0.2, 0.25) is 5.89 Å². The van der Waals surface area contributed by atoms with Crippen molar-refractivity contribution in [2.45, 2.75) is 44.4 Å². The maximum atomic E-state index is 5.85. The Bertz CT molecular complexity index is 675. The summed E-state index contributed by atoms with van der Waals surface area (Å²) in [6.45, 7) is 5.60. The summed E-state index contributed by atoms with van der Waals surface area (Å²) in [7, 11) is 2.06. The fraction of sp³-hybridized carbons (Fsp3) is 0.556. The van der Waals surface area contributed by atoms with E-state index in [1.807, 2.05) is 0 Å². The number of rotatable bonds is 5. The van der Waals surface area contributed by atoms with Crippen molar-refractivity contribution in [1.29, 1.82) is 0 Å². The maximum absolute atomic E-state index is 5.85. The van der Waals surface area contributed by atoms with E-state index in [1.165, 1.54) is 24.8 Å². The number of hydrogen-bond acceptors (Lipinski definition) is 4. The highest BCUT2D eigenvalue weighted by Crippen LogP contribution is 2.64. The SMILES string of the molecule is CN(CC1(c2ccccc2)CC1(C)C)c1nnc(C2CC2)o1. The third kappa shape index (κ3) is 2.13. The van der Waals surface area contributed by atoms with Crippen LogP contribution in [0.3, 0.4) is 0 Å². The van der Waals surface area contributed by atoms with Crippen molar-refractivity contribution in [3.05, 3.63) is 41.8 Å². The highest BCUT2D eigenvalue weighted by atomic mass is 16.4. The summed E-state index contributed by atoms with van der Waals surface area (Å²) in [5, 5.41) is 8.44. The molecule has 0 bridgehead atoms. The van der Waals surface area contributed by atoms with E-state index in [1.54, 1.807) is 0 Å². The number of likely N-dealkylation sites (N-methyl/N-ethyl adjacent to an activating group) is 1. The minimum atomic E-state index is 0.178. The van der Waals surface area contributed by atoms with Crippen molar-refractivity contribution < 1.29 is 4.42 Å². The Kier molecular flexibility index (Phi) is 2.87. The lowest BCUT2D eigenvalue weighted by molar-refractivity contribution is 0.457. The van der Waals surface area contributed by atoms with Gasteiger partial charge in [-0.05, 0) is 30.2 Å². The molecule has 2 fully saturated rings. The Morgan fingerprint density at radius 3 is 2.45 bits per heavy atom. The number of aromatic nitrogens is 2. The van der Waals surface area contributed by atoms with E-state index >= 15 is 0 Å². The first-order chi connectivity index (χ1) is 10.5. The van der Waals surface area contributed by atoms with E-state index in [9.17, 15) is 0 Å². The molecule has 0 amide bonds. The molecule has 4 nitrogen and oxygen atoms in total. The van der Waals surface area contributed by atoms with Gasteiger partial charge in [-0.2, -0.15) is 0 Å². The van der Waals surface area contributed by atoms with Gasteiger partial charge in [-0.3, -0.25) is 0 Å². The smallest absolute Gasteiger partial charge is 0.317 e. The summed E-state index contributed by atoms with van der Waals surface area (Å²) in [6.07, 6.45) is 3.57. The average molecular weight is 297 g/mol. The van der Waals surface area contributed by atoms with Crippen LogP contribution in [0.2, 0.25) is 0 Å². The standard InChI is InChI=1S/C18H23N3O/c1-17(2)11-18(17,14-7-5-4-6-8-14)12-21(3)16-20-19-15(22-16)13-9-10-13/h4-8,13H,9-12H2,1-3H3. The van der Waals surface area contributed by atoms with Gasteiger partial charge in [0, 0.05) is 24.9 Å². The summed E-state index contributed by atoms with van der Waals surface area (Å²) in [6, 6.07) is 11.5. The Morgan fingerprint density at radius 2 is 1.86 bits per heavy atom. The minimum absolute atomic E-state index is 0.178. The molecule has 1 heterocycles. The summed E-state index contributed by atoms with van der Waals surface area (Å²) >= 11 is 0. The summed E-state index contributed by atoms with van der Waals surface area (Å²) in [4.78, 5) is 2.13. The van der Waals surface area contributed by atoms with E-state index in [0.717, 1.165) is 12.4 Å². The van der Waals surface area contributed by atoms with Crippen molar-refractivity contribution in [3.8, 4) is 0 Å². The van der Waals surface area contributed by atoms with Gasteiger partial charge in [0.1, 0.15) is 0 Å². The van der Waals surface area contributed by atoms with E-state index in [0.29, 0.717) is 17.3 Å². The number of nitrogens with zero attached hydrogens (tertiary/aromatic N) is 3. The molecule has 1 unspecified atom stereocenters. The van der Waals surface area contributed by atoms with E-state index in [-0.39, 0.29) is 5.41 Å². The second-order valence-corrected chi connectivity index (χ2v) is 7.56. The first-order valence-corrected chi connectivity index (χ1v) is 8.12. The van der Waals surface area contributed by atoms with Gasteiger partial charge in [-0.15, -0.1) is 5.10 Å². The van der Waals surface area contributed by atoms with Crippen molar-refractivity contribution >= 4 is 6.01 Å². The van der Waals surface area contributed by atoms with Crippen LogP contribution in [-0.4, -0.2) is 23.8 Å². The molecule has 2 aromatic rings. The van der Waals surface area contributed by atoms with Gasteiger partial charge in [0.15, 0.2) is 0 Å². The molecule has 1 atom stereocenters. The highest BCUT2D eigenvalue weighted by molar-refractivity contribution is 5.41. The Labute approximate surface area is 131 Å². The minimum Gasteiger partial charge on any atom is -0.408 e. The van der Waals surface area contributed by atoms with Gasteiger partial charge in [0.25, 0.3) is 0 Å². The Balaban J connectivity index is 1.57. The molecule has 2 aliphatic carbocycles. The van der Waals surface area contributed by atoms with Gasteiger partial charge in [0.05, 0.1) is 0 Å². The third-order valence-corrected chi connectivity index (χ3v) is 5.43. The van der Waals surface area contributed by atoms with E-state index in [2.05, 4.69) is 66.3 Å². The molecule has 0 aliphatic heterocycles. The van der Waals surface area contributed by atoms with Crippen molar-refractivity contribution in [3.63, 3.8) is 0 Å². The normalized spacial score (nSPS) is 26.0. The van der Waals surface area contributed by atoms with E-state index < -0.39 is 0 Å². The van der Waals surface area contributed by atoms with Gasteiger partial charge >= 0.3 is 6.01 Å². The molecule has 4 rings (SSSR count). The summed E-state index contributed by atoms with van der Waals surface area (Å²) < 4.78 is 5.85. The Morgan fingerprint density at radius 1 is 1.18 bits per heavy atom. The van der Waals surface area contributed by atoms with Gasteiger partial charge in [-0.25, -0.2) is 0 Å². The third-order valence-electron chi connectivity index (χ3n) is 5.43. The average Bonchev–Trinajstić information content (AvgIpc) is 3.37. The lowest BCUT2D eigenvalue weighted by Crippen LogP contribution is -2.32. The predicted octanol–water partition coefficient (Wildman–Crippen LogP) is 3.75. The van der Waals surface area contributed by atoms with Crippen LogP contribution in [0.1, 0.15) is 50.5 Å². The van der Waals surface area contributed by atoms with E-state index in [4.69, 9.17) is 4.42 Å². The molecule has 4 heteroatoms. The topological polar surface area (TPSA) is 42.2 Å². The zero-order chi connectivity index (χ0) is 15.4. The zero-order valence-corrected chi connectivity index (χ0v) is 13.5. The number of benzene rings is 1. The molecule has 0 radical (unpaired) electrons. The largest absolute Gasteiger partial charge is 0.408 e. The molecule has 0 saturated heterocycles. The van der Waals surface area contributed by atoms with Crippen molar-refractivity contribution in [1.82, 2.24) is 10.2 Å². The molecule has 0 N–H and O–H groups in total. The molecular formula is C18H23N3O. The van der Waals surface area contributed by atoms with Crippen LogP contribution in [0.4, 0.5) is 6.01 Å². The van der Waals surface area contributed by atoms with Crippen LogP contribution in [0.5, 0.6) is 0 Å². The molecule has 116 valence electrons. The molecule has 2 aliphatic rings. The van der Waals surface area contributed by atoms with Gasteiger partial charge < -0.3 is 9.32 Å². The van der Waals surface area contributed by atoms with Crippen molar-refractivity contribution in [2.75, 3.05) is 18.5 Å². The monoisotopic (exact) mass is 297 g/mol. The van der Waals surface area contributed by atoms with Crippen LogP contribution in [0, 0.1) is 5.41 Å². The fourth-order valence-electron chi connectivity index (χ4n) is 3.67. The van der Waals surface area contributed by atoms with Crippen LogP contribution in [-0.2, 0) is 5.41 Å². The van der Waals surface area contributed by atoms with Gasteiger partial charge in [-0.1, -0.05) is 49.3 Å². The van der Waals surface area contributed by atoms with Crippen molar-refractivity contribution in [2.24, 2.45) is 5.41 Å². The molecular weight excluding hydrogens is 274 g/mol. The van der Waals surface area contributed by atoms with Crippen LogP contribution in [0.25, 0.3) is 0 Å². The fourth-order valence-corrected chi connectivity index (χ4v) is 3.67. The summed E-state index contributed by atoms with van der Waals surface area (Å²) in [5.41, 5.74) is 1.90. The van der Waals surface area contributed by atoms with Crippen LogP contribution < -0.4 is 4.90 Å². The zero-order valence-electron chi connectivity index (χ0n) is 13.5. The van der Waals surface area contributed by atoms with Crippen LogP contribution >= 0.6 is 0 Å². The summed E-state index contributed by atoms with van der Waals surface area (Å²) in [5.74, 6) is 1.32. The van der Waals surface area contributed by atoms with Crippen LogP contribution in [0.15, 0.2) is 34.7 Å². The molecule has 2 saturated carbocycles. The molecule has 0 spiro atoms.